The number of thioether (sulfide) groups is 1. The Bertz CT molecular complexity index is 1110. The minimum atomic E-state index is 0.0939. The van der Waals surface area contributed by atoms with Crippen molar-refractivity contribution in [3.05, 3.63) is 65.9 Å². The number of ketones is 1. The first-order valence-corrected chi connectivity index (χ1v) is 10.4. The van der Waals surface area contributed by atoms with Crippen molar-refractivity contribution >= 4 is 28.4 Å². The summed E-state index contributed by atoms with van der Waals surface area (Å²) in [7, 11) is 0. The number of carbonyl (C=O) groups is 1. The maximum absolute atomic E-state index is 12.9. The third-order valence-electron chi connectivity index (χ3n) is 4.88. The number of rotatable bonds is 7. The van der Waals surface area contributed by atoms with E-state index in [1.165, 1.54) is 17.3 Å². The van der Waals surface area contributed by atoms with Gasteiger partial charge >= 0.3 is 0 Å². The van der Waals surface area contributed by atoms with Crippen LogP contribution < -0.4 is 0 Å². The molecule has 0 aliphatic rings. The van der Waals surface area contributed by atoms with Gasteiger partial charge in [-0.3, -0.25) is 4.79 Å². The van der Waals surface area contributed by atoms with E-state index in [1.54, 1.807) is 0 Å². The van der Waals surface area contributed by atoms with Crippen molar-refractivity contribution in [3.8, 4) is 11.4 Å². The molecule has 0 fully saturated rings. The molecule has 0 spiro atoms. The monoisotopic (exact) mass is 390 g/mol. The van der Waals surface area contributed by atoms with Gasteiger partial charge in [0.25, 0.3) is 0 Å². The van der Waals surface area contributed by atoms with Crippen LogP contribution in [0, 0.1) is 0 Å². The molecule has 4 aromatic rings. The maximum atomic E-state index is 12.9. The number of nitrogens with zero attached hydrogens (tertiary/aromatic N) is 3. The fourth-order valence-electron chi connectivity index (χ4n) is 3.43. The molecule has 2 aromatic heterocycles. The number of benzene rings is 2. The highest BCUT2D eigenvalue weighted by atomic mass is 32.2. The van der Waals surface area contributed by atoms with Gasteiger partial charge in [0.1, 0.15) is 0 Å². The van der Waals surface area contributed by atoms with Crippen LogP contribution in [0.2, 0.25) is 0 Å². The van der Waals surface area contributed by atoms with Crippen molar-refractivity contribution in [2.75, 3.05) is 5.75 Å². The minimum absolute atomic E-state index is 0.0939. The molecule has 0 unspecified atom stereocenters. The number of H-pyrrole nitrogens is 1. The van der Waals surface area contributed by atoms with Crippen LogP contribution in [0.5, 0.6) is 0 Å². The number of aromatic amines is 1. The van der Waals surface area contributed by atoms with Crippen LogP contribution in [0.4, 0.5) is 0 Å². The Hall–Kier alpha value is -2.86. The summed E-state index contributed by atoms with van der Waals surface area (Å²) in [6.45, 7) is 4.93. The van der Waals surface area contributed by atoms with Gasteiger partial charge in [0.2, 0.25) is 0 Å². The van der Waals surface area contributed by atoms with Crippen molar-refractivity contribution in [1.29, 1.82) is 0 Å². The van der Waals surface area contributed by atoms with E-state index < -0.39 is 0 Å². The van der Waals surface area contributed by atoms with Crippen molar-refractivity contribution < 1.29 is 4.79 Å². The largest absolute Gasteiger partial charge is 0.360 e. The predicted octanol–water partition coefficient (Wildman–Crippen LogP) is 4.98. The third-order valence-corrected chi connectivity index (χ3v) is 5.85. The Balaban J connectivity index is 1.55. The van der Waals surface area contributed by atoms with Gasteiger partial charge in [-0.1, -0.05) is 67.2 Å². The molecule has 0 aliphatic carbocycles. The van der Waals surface area contributed by atoms with Gasteiger partial charge in [0, 0.05) is 34.8 Å². The van der Waals surface area contributed by atoms with Gasteiger partial charge < -0.3 is 9.55 Å². The Morgan fingerprint density at radius 2 is 1.89 bits per heavy atom. The predicted molar refractivity (Wildman–Crippen MR) is 114 cm³/mol. The van der Waals surface area contributed by atoms with Crippen LogP contribution in [0.25, 0.3) is 22.3 Å². The first kappa shape index (κ1) is 18.5. The van der Waals surface area contributed by atoms with E-state index in [0.717, 1.165) is 46.0 Å². The zero-order valence-electron chi connectivity index (χ0n) is 16.0. The Morgan fingerprint density at radius 3 is 2.64 bits per heavy atom. The van der Waals surface area contributed by atoms with Crippen molar-refractivity contribution in [2.45, 2.75) is 32.0 Å². The summed E-state index contributed by atoms with van der Waals surface area (Å²) in [6.07, 6.45) is 2.76. The lowest BCUT2D eigenvalue weighted by Crippen LogP contribution is -2.05. The lowest BCUT2D eigenvalue weighted by Gasteiger charge is -2.07. The minimum Gasteiger partial charge on any atom is -0.360 e. The van der Waals surface area contributed by atoms with E-state index in [2.05, 4.69) is 39.7 Å². The van der Waals surface area contributed by atoms with Gasteiger partial charge in [-0.25, -0.2) is 0 Å². The van der Waals surface area contributed by atoms with Gasteiger partial charge in [-0.05, 0) is 18.9 Å². The highest BCUT2D eigenvalue weighted by Crippen LogP contribution is 2.27. The van der Waals surface area contributed by atoms with Gasteiger partial charge in [-0.2, -0.15) is 0 Å². The molecule has 1 N–H and O–H groups in total. The highest BCUT2D eigenvalue weighted by Gasteiger charge is 2.17. The molecule has 5 nitrogen and oxygen atoms in total. The number of para-hydroxylation sites is 1. The van der Waals surface area contributed by atoms with Crippen LogP contribution in [0.1, 0.15) is 29.8 Å². The van der Waals surface area contributed by atoms with Gasteiger partial charge in [0.05, 0.1) is 5.75 Å². The number of fused-ring (bicyclic) bond motifs is 1. The van der Waals surface area contributed by atoms with E-state index in [9.17, 15) is 4.79 Å². The number of hydrogen-bond donors (Lipinski definition) is 1. The average molecular weight is 391 g/mol. The number of hydrogen-bond acceptors (Lipinski definition) is 4. The maximum Gasteiger partial charge on any atom is 0.191 e. The molecule has 4 rings (SSSR count). The second-order valence-electron chi connectivity index (χ2n) is 6.52. The molecule has 2 aromatic carbocycles. The van der Waals surface area contributed by atoms with Crippen LogP contribution >= 0.6 is 11.8 Å². The number of carbonyl (C=O) groups excluding carboxylic acids is 1. The number of nitrogens with one attached hydrogen (secondary N) is 1. The summed E-state index contributed by atoms with van der Waals surface area (Å²) in [5, 5.41) is 10.4. The number of aromatic nitrogens is 4. The van der Waals surface area contributed by atoms with Crippen molar-refractivity contribution in [2.24, 2.45) is 0 Å². The summed E-state index contributed by atoms with van der Waals surface area (Å²) in [6, 6.07) is 16.1. The standard InChI is InChI=1S/C22H22N4OS/c1-3-15-11-8-12-17-18(13-23-20(15)17)19(27)14-28-22-25-24-21(26(22)4-2)16-9-6-5-7-10-16/h5-13,23H,3-4,14H2,1-2H3. The molecule has 0 aliphatic heterocycles. The molecule has 142 valence electrons. The Labute approximate surface area is 168 Å². The van der Waals surface area contributed by atoms with E-state index in [1.807, 2.05) is 48.7 Å². The zero-order chi connectivity index (χ0) is 19.5. The molecule has 0 radical (unpaired) electrons. The lowest BCUT2D eigenvalue weighted by molar-refractivity contribution is 0.102. The van der Waals surface area contributed by atoms with E-state index >= 15 is 0 Å². The molecular weight excluding hydrogens is 368 g/mol. The Kier molecular flexibility index (Phi) is 5.30. The Morgan fingerprint density at radius 1 is 1.07 bits per heavy atom. The summed E-state index contributed by atoms with van der Waals surface area (Å²) in [4.78, 5) is 16.1. The van der Waals surface area contributed by atoms with E-state index in [4.69, 9.17) is 0 Å². The summed E-state index contributed by atoms with van der Waals surface area (Å²) in [5.74, 6) is 1.25. The van der Waals surface area contributed by atoms with Crippen molar-refractivity contribution in [3.63, 3.8) is 0 Å². The quantitative estimate of drug-likeness (QED) is 0.357. The number of aryl methyl sites for hydroxylation is 1. The van der Waals surface area contributed by atoms with Gasteiger partial charge in [-0.15, -0.1) is 10.2 Å². The normalized spacial score (nSPS) is 11.2. The third kappa shape index (κ3) is 3.36. The fourth-order valence-corrected chi connectivity index (χ4v) is 4.32. The van der Waals surface area contributed by atoms with Gasteiger partial charge in [0.15, 0.2) is 16.8 Å². The number of Topliss-reactive ketones (excluding diaryl/α,β-unsaturated/α-hetero) is 1. The second kappa shape index (κ2) is 8.02. The molecule has 0 bridgehead atoms. The molecule has 0 saturated carbocycles. The van der Waals surface area contributed by atoms with E-state index in [-0.39, 0.29) is 5.78 Å². The molecule has 0 saturated heterocycles. The van der Waals surface area contributed by atoms with Crippen LogP contribution in [-0.4, -0.2) is 31.3 Å². The fraction of sp³-hybridized carbons (Fsp3) is 0.227. The summed E-state index contributed by atoms with van der Waals surface area (Å²) >= 11 is 1.44. The van der Waals surface area contributed by atoms with Crippen LogP contribution in [0.3, 0.4) is 0 Å². The smallest absolute Gasteiger partial charge is 0.191 e. The molecular formula is C22H22N4OS. The topological polar surface area (TPSA) is 63.6 Å². The van der Waals surface area contributed by atoms with Crippen molar-refractivity contribution in [1.82, 2.24) is 19.7 Å². The summed E-state index contributed by atoms with van der Waals surface area (Å²) in [5.41, 5.74) is 4.05. The van der Waals surface area contributed by atoms with Crippen LogP contribution in [0.15, 0.2) is 59.9 Å². The summed E-state index contributed by atoms with van der Waals surface area (Å²) < 4.78 is 2.05. The van der Waals surface area contributed by atoms with E-state index in [0.29, 0.717) is 5.75 Å². The molecule has 0 amide bonds. The first-order chi connectivity index (χ1) is 13.7. The molecule has 28 heavy (non-hydrogen) atoms. The first-order valence-electron chi connectivity index (χ1n) is 9.46. The highest BCUT2D eigenvalue weighted by molar-refractivity contribution is 7.99. The molecule has 2 heterocycles. The second-order valence-corrected chi connectivity index (χ2v) is 7.47. The molecule has 0 atom stereocenters. The lowest BCUT2D eigenvalue weighted by atomic mass is 10.1. The SMILES string of the molecule is CCc1cccc2c(C(=O)CSc3nnc(-c4ccccc4)n3CC)c[nH]c12. The zero-order valence-corrected chi connectivity index (χ0v) is 16.8. The average Bonchev–Trinajstić information content (AvgIpc) is 3.36. The van der Waals surface area contributed by atoms with Crippen LogP contribution in [-0.2, 0) is 13.0 Å². The molecule has 6 heteroatoms.